The van der Waals surface area contributed by atoms with Crippen molar-refractivity contribution in [2.75, 3.05) is 0 Å². The topological polar surface area (TPSA) is 79.5 Å². The minimum atomic E-state index is -1.12. The van der Waals surface area contributed by atoms with Gasteiger partial charge in [-0.3, -0.25) is 14.6 Å². The Hall–Kier alpha value is -2.00. The average molecular weight is 365 g/mol. The molecule has 0 fully saturated rings. The lowest BCUT2D eigenvalue weighted by Gasteiger charge is -2.20. The number of ketones is 1. The maximum Gasteiger partial charge on any atom is 0.329 e. The maximum absolute atomic E-state index is 11.9. The molecule has 1 rings (SSSR count). The Morgan fingerprint density at radius 3 is 2.55 bits per heavy atom. The molecule has 1 aromatic rings. The molecule has 1 unspecified atom stereocenters. The largest absolute Gasteiger partial charge is 0.459 e. The van der Waals surface area contributed by atoms with Crippen LogP contribution >= 0.6 is 15.9 Å². The molecule has 0 saturated heterocycles. The first kappa shape index (κ1) is 18.1. The molecular weight excluding hydrogens is 348 g/mol. The first-order valence-corrected chi connectivity index (χ1v) is 7.40. The van der Waals surface area contributed by atoms with Crippen LogP contribution in [-0.2, 0) is 9.53 Å². The predicted octanol–water partition coefficient (Wildman–Crippen LogP) is 3.84. The van der Waals surface area contributed by atoms with Crippen molar-refractivity contribution in [3.63, 3.8) is 0 Å². The third-order valence-corrected chi connectivity index (χ3v) is 2.99. The van der Waals surface area contributed by atoms with Gasteiger partial charge in [0.05, 0.1) is 11.8 Å². The highest BCUT2D eigenvalue weighted by Crippen LogP contribution is 2.24. The lowest BCUT2D eigenvalue weighted by Crippen LogP contribution is -2.28. The second kappa shape index (κ2) is 7.32. The molecule has 0 amide bonds. The van der Waals surface area contributed by atoms with E-state index in [0.717, 1.165) is 4.47 Å². The van der Waals surface area contributed by atoms with Crippen LogP contribution in [0.25, 0.3) is 0 Å². The fourth-order valence-electron chi connectivity index (χ4n) is 1.57. The van der Waals surface area contributed by atoms with Crippen molar-refractivity contribution in [2.24, 2.45) is 10.9 Å². The van der Waals surface area contributed by atoms with Crippen LogP contribution in [-0.4, -0.2) is 23.6 Å². The highest BCUT2D eigenvalue weighted by atomic mass is 79.9. The van der Waals surface area contributed by atoms with Gasteiger partial charge in [0.15, 0.2) is 11.7 Å². The van der Waals surface area contributed by atoms with Gasteiger partial charge in [-0.15, -0.1) is 0 Å². The van der Waals surface area contributed by atoms with E-state index in [1.165, 1.54) is 13.1 Å². The predicted molar refractivity (Wildman–Crippen MR) is 87.2 cm³/mol. The molecule has 0 spiro atoms. The number of esters is 1. The van der Waals surface area contributed by atoms with Gasteiger partial charge >= 0.3 is 5.97 Å². The molecule has 0 radical (unpaired) electrons. The second-order valence-corrected chi connectivity index (χ2v) is 6.55. The van der Waals surface area contributed by atoms with E-state index in [4.69, 9.17) is 10.00 Å². The molecular formula is C16H17BrN2O3. The Morgan fingerprint density at radius 1 is 1.41 bits per heavy atom. The Kier molecular flexibility index (Phi) is 6.01. The number of nitriles is 1. The number of carbonyl (C=O) groups excluding carboxylic acids is 2. The van der Waals surface area contributed by atoms with Crippen LogP contribution in [0.3, 0.4) is 0 Å². The molecule has 0 heterocycles. The van der Waals surface area contributed by atoms with E-state index in [1.54, 1.807) is 39.0 Å². The number of Topliss-reactive ketones (excluding diaryl/α,β-unsaturated/α-hetero) is 1. The van der Waals surface area contributed by atoms with Gasteiger partial charge in [-0.2, -0.15) is 5.26 Å². The lowest BCUT2D eigenvalue weighted by atomic mass is 10.1. The van der Waals surface area contributed by atoms with Crippen molar-refractivity contribution in [1.29, 1.82) is 5.26 Å². The normalized spacial score (nSPS) is 12.7. The summed E-state index contributed by atoms with van der Waals surface area (Å²) in [6.45, 7) is 6.59. The summed E-state index contributed by atoms with van der Waals surface area (Å²) in [7, 11) is 0. The van der Waals surface area contributed by atoms with Crippen LogP contribution in [0.2, 0.25) is 0 Å². The summed E-state index contributed by atoms with van der Waals surface area (Å²) in [4.78, 5) is 27.6. The zero-order chi connectivity index (χ0) is 16.9. The number of benzene rings is 1. The molecule has 0 aliphatic rings. The zero-order valence-corrected chi connectivity index (χ0v) is 14.5. The summed E-state index contributed by atoms with van der Waals surface area (Å²) in [6, 6.07) is 6.85. The lowest BCUT2D eigenvalue weighted by molar-refractivity contribution is -0.155. The number of hydrogen-bond acceptors (Lipinski definition) is 5. The summed E-state index contributed by atoms with van der Waals surface area (Å²) in [5, 5.41) is 9.08. The number of aliphatic imine (C=N–C) groups is 1. The smallest absolute Gasteiger partial charge is 0.329 e. The third-order valence-electron chi connectivity index (χ3n) is 2.50. The molecule has 0 aromatic heterocycles. The van der Waals surface area contributed by atoms with Crippen molar-refractivity contribution in [3.05, 3.63) is 28.2 Å². The third kappa shape index (κ3) is 5.41. The van der Waals surface area contributed by atoms with Gasteiger partial charge in [0.1, 0.15) is 5.60 Å². The number of rotatable bonds is 4. The van der Waals surface area contributed by atoms with E-state index in [-0.39, 0.29) is 5.78 Å². The summed E-state index contributed by atoms with van der Waals surface area (Å²) in [5.74, 6) is -1.94. The van der Waals surface area contributed by atoms with Crippen molar-refractivity contribution in [1.82, 2.24) is 0 Å². The van der Waals surface area contributed by atoms with E-state index in [2.05, 4.69) is 20.9 Å². The van der Waals surface area contributed by atoms with Crippen LogP contribution in [0.15, 0.2) is 27.7 Å². The van der Waals surface area contributed by atoms with Crippen molar-refractivity contribution in [3.8, 4) is 6.07 Å². The van der Waals surface area contributed by atoms with Gasteiger partial charge in [-0.05, 0) is 45.9 Å². The number of nitrogens with zero attached hydrogens (tertiary/aromatic N) is 2. The van der Waals surface area contributed by atoms with Crippen molar-refractivity contribution in [2.45, 2.75) is 33.3 Å². The van der Waals surface area contributed by atoms with Gasteiger partial charge in [0, 0.05) is 16.3 Å². The van der Waals surface area contributed by atoms with Crippen LogP contribution in [0, 0.1) is 17.2 Å². The molecule has 1 atom stereocenters. The number of ether oxygens (including phenoxy) is 1. The summed E-state index contributed by atoms with van der Waals surface area (Å²) >= 11 is 3.28. The first-order valence-electron chi connectivity index (χ1n) is 6.61. The minimum Gasteiger partial charge on any atom is -0.459 e. The fourth-order valence-corrected chi connectivity index (χ4v) is 1.93. The van der Waals surface area contributed by atoms with E-state index in [0.29, 0.717) is 11.3 Å². The molecule has 0 bridgehead atoms. The van der Waals surface area contributed by atoms with Crippen molar-refractivity contribution < 1.29 is 14.3 Å². The average Bonchev–Trinajstić information content (AvgIpc) is 2.38. The molecule has 0 N–H and O–H groups in total. The number of halogens is 1. The minimum absolute atomic E-state index is 0.153. The first-order chi connectivity index (χ1) is 10.1. The number of carbonyl (C=O) groups is 2. The van der Waals surface area contributed by atoms with Crippen LogP contribution in [0.4, 0.5) is 5.69 Å². The SMILES string of the molecule is CC(=O)c1cc(Br)ccc1N=CC(C#N)C(=O)OC(C)(C)C. The molecule has 0 saturated carbocycles. The van der Waals surface area contributed by atoms with Gasteiger partial charge in [-0.25, -0.2) is 0 Å². The Balaban J connectivity index is 3.02. The van der Waals surface area contributed by atoms with E-state index < -0.39 is 17.5 Å². The molecule has 116 valence electrons. The van der Waals surface area contributed by atoms with Gasteiger partial charge < -0.3 is 4.74 Å². The van der Waals surface area contributed by atoms with Gasteiger partial charge in [0.25, 0.3) is 0 Å². The highest BCUT2D eigenvalue weighted by Gasteiger charge is 2.23. The van der Waals surface area contributed by atoms with Crippen LogP contribution in [0.5, 0.6) is 0 Å². The fraction of sp³-hybridized carbons (Fsp3) is 0.375. The standard InChI is InChI=1S/C16H17BrN2O3/c1-10(20)13-7-12(17)5-6-14(13)19-9-11(8-18)15(21)22-16(2,3)4/h5-7,9,11H,1-4H3. The second-order valence-electron chi connectivity index (χ2n) is 5.64. The van der Waals surface area contributed by atoms with Crippen LogP contribution in [0.1, 0.15) is 38.1 Å². The molecule has 0 aliphatic heterocycles. The maximum atomic E-state index is 11.9. The summed E-state index contributed by atoms with van der Waals surface area (Å²) < 4.78 is 5.90. The quantitative estimate of drug-likeness (QED) is 0.461. The molecule has 5 nitrogen and oxygen atoms in total. The Bertz CT molecular complexity index is 654. The van der Waals surface area contributed by atoms with Gasteiger partial charge in [0.2, 0.25) is 0 Å². The van der Waals surface area contributed by atoms with Gasteiger partial charge in [-0.1, -0.05) is 15.9 Å². The number of hydrogen-bond donors (Lipinski definition) is 0. The molecule has 1 aromatic carbocycles. The highest BCUT2D eigenvalue weighted by molar-refractivity contribution is 9.10. The Morgan fingerprint density at radius 2 is 2.05 bits per heavy atom. The van der Waals surface area contributed by atoms with E-state index in [1.807, 2.05) is 6.07 Å². The van der Waals surface area contributed by atoms with Crippen LogP contribution < -0.4 is 0 Å². The monoisotopic (exact) mass is 364 g/mol. The van der Waals surface area contributed by atoms with E-state index >= 15 is 0 Å². The molecule has 22 heavy (non-hydrogen) atoms. The molecule has 0 aliphatic carbocycles. The van der Waals surface area contributed by atoms with E-state index in [9.17, 15) is 9.59 Å². The Labute approximate surface area is 138 Å². The zero-order valence-electron chi connectivity index (χ0n) is 12.9. The van der Waals surface area contributed by atoms with Crippen molar-refractivity contribution >= 4 is 39.6 Å². The molecule has 6 heteroatoms. The summed E-state index contributed by atoms with van der Waals surface area (Å²) in [6.07, 6.45) is 1.20. The summed E-state index contributed by atoms with van der Waals surface area (Å²) in [5.41, 5.74) is 0.133.